The van der Waals surface area contributed by atoms with Crippen molar-refractivity contribution in [3.8, 4) is 5.75 Å². The lowest BCUT2D eigenvalue weighted by Gasteiger charge is -2.16. The predicted molar refractivity (Wildman–Crippen MR) is 73.7 cm³/mol. The molecule has 1 nitrogen and oxygen atoms in total. The molecule has 0 amide bonds. The van der Waals surface area contributed by atoms with Crippen molar-refractivity contribution in [3.63, 3.8) is 0 Å². The Morgan fingerprint density at radius 1 is 1.44 bits per heavy atom. The van der Waals surface area contributed by atoms with Gasteiger partial charge in [0.1, 0.15) is 5.75 Å². The standard InChI is InChI=1S/C13H18BrClO/c1-3-8-16-13-5-4-11(14)9-12(13)10(2)6-7-15/h4-5,9-10H,3,6-8H2,1-2H3. The number of alkyl halides is 1. The van der Waals surface area contributed by atoms with E-state index in [1.165, 1.54) is 5.56 Å². The van der Waals surface area contributed by atoms with E-state index < -0.39 is 0 Å². The maximum Gasteiger partial charge on any atom is 0.122 e. The summed E-state index contributed by atoms with van der Waals surface area (Å²) in [5.74, 6) is 2.10. The third-order valence-corrected chi connectivity index (χ3v) is 3.22. The first-order chi connectivity index (χ1) is 7.69. The molecule has 0 saturated carbocycles. The Morgan fingerprint density at radius 3 is 2.81 bits per heavy atom. The van der Waals surface area contributed by atoms with Gasteiger partial charge in [-0.05, 0) is 42.5 Å². The third kappa shape index (κ3) is 3.99. The molecule has 0 bridgehead atoms. The second-order valence-corrected chi connectivity index (χ2v) is 5.20. The number of halogens is 2. The van der Waals surface area contributed by atoms with Crippen LogP contribution in [0.4, 0.5) is 0 Å². The van der Waals surface area contributed by atoms with E-state index in [4.69, 9.17) is 16.3 Å². The zero-order valence-electron chi connectivity index (χ0n) is 9.80. The van der Waals surface area contributed by atoms with Crippen molar-refractivity contribution >= 4 is 27.5 Å². The van der Waals surface area contributed by atoms with Crippen LogP contribution in [0.1, 0.15) is 38.2 Å². The van der Waals surface area contributed by atoms with E-state index >= 15 is 0 Å². The number of rotatable bonds is 6. The highest BCUT2D eigenvalue weighted by molar-refractivity contribution is 9.10. The molecule has 0 saturated heterocycles. The summed E-state index contributed by atoms with van der Waals surface area (Å²) in [6.07, 6.45) is 2.00. The summed E-state index contributed by atoms with van der Waals surface area (Å²) in [5, 5.41) is 0. The second kappa shape index (κ2) is 7.18. The van der Waals surface area contributed by atoms with Gasteiger partial charge in [-0.2, -0.15) is 0 Å². The maximum atomic E-state index is 5.79. The molecule has 16 heavy (non-hydrogen) atoms. The zero-order chi connectivity index (χ0) is 12.0. The van der Waals surface area contributed by atoms with Crippen LogP contribution in [0, 0.1) is 0 Å². The van der Waals surface area contributed by atoms with Gasteiger partial charge in [-0.15, -0.1) is 11.6 Å². The van der Waals surface area contributed by atoms with E-state index in [9.17, 15) is 0 Å². The molecule has 0 spiro atoms. The molecule has 0 aliphatic heterocycles. The Balaban J connectivity index is 2.88. The summed E-state index contributed by atoms with van der Waals surface area (Å²) in [5.41, 5.74) is 1.24. The van der Waals surface area contributed by atoms with Crippen LogP contribution in [0.3, 0.4) is 0 Å². The van der Waals surface area contributed by atoms with Crippen molar-refractivity contribution in [3.05, 3.63) is 28.2 Å². The molecular formula is C13H18BrClO. The Hall–Kier alpha value is -0.210. The van der Waals surface area contributed by atoms with Crippen LogP contribution in [0.5, 0.6) is 5.75 Å². The van der Waals surface area contributed by atoms with Crippen molar-refractivity contribution < 1.29 is 4.74 Å². The lowest BCUT2D eigenvalue weighted by molar-refractivity contribution is 0.312. The van der Waals surface area contributed by atoms with Crippen LogP contribution < -0.4 is 4.74 Å². The minimum absolute atomic E-state index is 0.432. The van der Waals surface area contributed by atoms with E-state index in [0.29, 0.717) is 11.8 Å². The quantitative estimate of drug-likeness (QED) is 0.674. The van der Waals surface area contributed by atoms with Crippen molar-refractivity contribution in [2.75, 3.05) is 12.5 Å². The molecule has 1 aromatic rings. The van der Waals surface area contributed by atoms with Gasteiger partial charge in [0.05, 0.1) is 6.61 Å². The maximum absolute atomic E-state index is 5.79. The Labute approximate surface area is 111 Å². The first-order valence-corrected chi connectivity index (χ1v) is 7.00. The van der Waals surface area contributed by atoms with E-state index in [2.05, 4.69) is 35.8 Å². The molecule has 1 rings (SSSR count). The smallest absolute Gasteiger partial charge is 0.122 e. The Bertz CT molecular complexity index is 328. The average Bonchev–Trinajstić information content (AvgIpc) is 2.27. The molecule has 0 aliphatic rings. The zero-order valence-corrected chi connectivity index (χ0v) is 12.1. The van der Waals surface area contributed by atoms with Gasteiger partial charge in [-0.3, -0.25) is 0 Å². The highest BCUT2D eigenvalue weighted by Gasteiger charge is 2.11. The Morgan fingerprint density at radius 2 is 2.19 bits per heavy atom. The van der Waals surface area contributed by atoms with Crippen LogP contribution in [0.2, 0.25) is 0 Å². The normalized spacial score (nSPS) is 12.5. The van der Waals surface area contributed by atoms with Crippen LogP contribution >= 0.6 is 27.5 Å². The van der Waals surface area contributed by atoms with Crippen LogP contribution in [0.15, 0.2) is 22.7 Å². The summed E-state index contributed by atoms with van der Waals surface area (Å²) in [7, 11) is 0. The minimum Gasteiger partial charge on any atom is -0.493 e. The van der Waals surface area contributed by atoms with Gasteiger partial charge in [0.2, 0.25) is 0 Å². The lowest BCUT2D eigenvalue weighted by Crippen LogP contribution is -2.02. The Kier molecular flexibility index (Phi) is 6.22. The van der Waals surface area contributed by atoms with E-state index in [1.54, 1.807) is 0 Å². The summed E-state index contributed by atoms with van der Waals surface area (Å²) in [6.45, 7) is 5.06. The van der Waals surface area contributed by atoms with Gasteiger partial charge < -0.3 is 4.74 Å². The van der Waals surface area contributed by atoms with Crippen molar-refractivity contribution in [2.24, 2.45) is 0 Å². The molecule has 0 heterocycles. The molecule has 90 valence electrons. The van der Waals surface area contributed by atoms with Crippen LogP contribution in [0.25, 0.3) is 0 Å². The van der Waals surface area contributed by atoms with Crippen molar-refractivity contribution in [2.45, 2.75) is 32.6 Å². The number of hydrogen-bond donors (Lipinski definition) is 0. The van der Waals surface area contributed by atoms with E-state index in [-0.39, 0.29) is 0 Å². The lowest BCUT2D eigenvalue weighted by atomic mass is 9.98. The third-order valence-electron chi connectivity index (χ3n) is 2.51. The summed E-state index contributed by atoms with van der Waals surface area (Å²) in [4.78, 5) is 0. The highest BCUT2D eigenvalue weighted by Crippen LogP contribution is 2.31. The van der Waals surface area contributed by atoms with Crippen molar-refractivity contribution in [1.29, 1.82) is 0 Å². The van der Waals surface area contributed by atoms with Gasteiger partial charge in [0, 0.05) is 10.4 Å². The van der Waals surface area contributed by atoms with Gasteiger partial charge >= 0.3 is 0 Å². The van der Waals surface area contributed by atoms with Gasteiger partial charge in [-0.1, -0.05) is 29.8 Å². The fraction of sp³-hybridized carbons (Fsp3) is 0.538. The molecule has 0 fully saturated rings. The number of benzene rings is 1. The van der Waals surface area contributed by atoms with Crippen LogP contribution in [-0.2, 0) is 0 Å². The highest BCUT2D eigenvalue weighted by atomic mass is 79.9. The molecule has 0 aliphatic carbocycles. The largest absolute Gasteiger partial charge is 0.493 e. The summed E-state index contributed by atoms with van der Waals surface area (Å²) < 4.78 is 6.84. The SMILES string of the molecule is CCCOc1ccc(Br)cc1C(C)CCCl. The van der Waals surface area contributed by atoms with Crippen molar-refractivity contribution in [1.82, 2.24) is 0 Å². The molecule has 0 aromatic heterocycles. The monoisotopic (exact) mass is 304 g/mol. The molecule has 1 aromatic carbocycles. The predicted octanol–water partition coefficient (Wildman–Crippen LogP) is 4.97. The topological polar surface area (TPSA) is 9.23 Å². The first-order valence-electron chi connectivity index (χ1n) is 5.67. The number of ether oxygens (including phenoxy) is 1. The first kappa shape index (κ1) is 13.9. The average molecular weight is 306 g/mol. The second-order valence-electron chi connectivity index (χ2n) is 3.91. The van der Waals surface area contributed by atoms with E-state index in [0.717, 1.165) is 29.7 Å². The molecule has 3 heteroatoms. The molecule has 1 atom stereocenters. The summed E-state index contributed by atoms with van der Waals surface area (Å²) >= 11 is 9.29. The van der Waals surface area contributed by atoms with E-state index in [1.807, 2.05) is 12.1 Å². The fourth-order valence-electron chi connectivity index (χ4n) is 1.57. The van der Waals surface area contributed by atoms with Crippen LogP contribution in [-0.4, -0.2) is 12.5 Å². The van der Waals surface area contributed by atoms with Gasteiger partial charge in [0.25, 0.3) is 0 Å². The molecular weight excluding hydrogens is 287 g/mol. The van der Waals surface area contributed by atoms with Gasteiger partial charge in [0.15, 0.2) is 0 Å². The molecule has 1 unspecified atom stereocenters. The molecule has 0 radical (unpaired) electrons. The fourth-order valence-corrected chi connectivity index (χ4v) is 2.27. The van der Waals surface area contributed by atoms with Gasteiger partial charge in [-0.25, -0.2) is 0 Å². The summed E-state index contributed by atoms with van der Waals surface area (Å²) in [6, 6.07) is 6.17. The number of hydrogen-bond acceptors (Lipinski definition) is 1. The minimum atomic E-state index is 0.432. The molecule has 0 N–H and O–H groups in total.